The summed E-state index contributed by atoms with van der Waals surface area (Å²) in [7, 11) is 0. The number of allylic oxidation sites excluding steroid dienone is 6. The lowest BCUT2D eigenvalue weighted by molar-refractivity contribution is -0.123. The van der Waals surface area contributed by atoms with Gasteiger partial charge in [0.25, 0.3) is 0 Å². The van der Waals surface area contributed by atoms with Crippen molar-refractivity contribution < 1.29 is 15.0 Å². The average Bonchev–Trinajstić information content (AvgIpc) is 3.30. The van der Waals surface area contributed by atoms with Crippen molar-refractivity contribution in [2.75, 3.05) is 6.61 Å². The fraction of sp³-hybridized carbons (Fsp3) is 0.883. The largest absolute Gasteiger partial charge is 0.394 e. The molecular weight excluding hydrogens is 783 g/mol. The van der Waals surface area contributed by atoms with Gasteiger partial charge in [0.05, 0.1) is 18.8 Å². The van der Waals surface area contributed by atoms with Crippen LogP contribution in [0.1, 0.15) is 322 Å². The maximum Gasteiger partial charge on any atom is 0.220 e. The van der Waals surface area contributed by atoms with E-state index in [1.165, 1.54) is 244 Å². The summed E-state index contributed by atoms with van der Waals surface area (Å²) < 4.78 is 0. The van der Waals surface area contributed by atoms with Gasteiger partial charge < -0.3 is 15.5 Å². The number of carbonyl (C=O) groups is 1. The van der Waals surface area contributed by atoms with Crippen LogP contribution in [0.25, 0.3) is 0 Å². The van der Waals surface area contributed by atoms with Gasteiger partial charge in [-0.15, -0.1) is 0 Å². The minimum atomic E-state index is -0.667. The predicted molar refractivity (Wildman–Crippen MR) is 285 cm³/mol. The van der Waals surface area contributed by atoms with Crippen LogP contribution in [0.15, 0.2) is 36.5 Å². The number of unbranched alkanes of at least 4 members (excludes halogenated alkanes) is 41. The van der Waals surface area contributed by atoms with Gasteiger partial charge in [-0.05, 0) is 51.4 Å². The van der Waals surface area contributed by atoms with Crippen LogP contribution in [-0.2, 0) is 4.79 Å². The highest BCUT2D eigenvalue weighted by Crippen LogP contribution is 2.18. The Labute approximate surface area is 402 Å². The zero-order valence-electron chi connectivity index (χ0n) is 43.6. The maximum absolute atomic E-state index is 12.5. The van der Waals surface area contributed by atoms with Crippen molar-refractivity contribution >= 4 is 5.91 Å². The van der Waals surface area contributed by atoms with Gasteiger partial charge in [0, 0.05) is 6.42 Å². The quantitative estimate of drug-likeness (QED) is 0.0421. The Hall–Kier alpha value is -1.39. The van der Waals surface area contributed by atoms with Crippen molar-refractivity contribution in [3.8, 4) is 0 Å². The van der Waals surface area contributed by atoms with Gasteiger partial charge in [0.2, 0.25) is 5.91 Å². The van der Waals surface area contributed by atoms with E-state index in [1.54, 1.807) is 0 Å². The minimum Gasteiger partial charge on any atom is -0.394 e. The summed E-state index contributed by atoms with van der Waals surface area (Å²) in [5, 5.41) is 23.3. The summed E-state index contributed by atoms with van der Waals surface area (Å²) in [5.74, 6) is -0.0403. The summed E-state index contributed by atoms with van der Waals surface area (Å²) in [5.41, 5.74) is 0. The van der Waals surface area contributed by atoms with E-state index in [9.17, 15) is 15.0 Å². The molecule has 0 aromatic heterocycles. The van der Waals surface area contributed by atoms with Crippen molar-refractivity contribution in [3.05, 3.63) is 36.5 Å². The molecular formula is C60H115NO3. The standard InChI is InChI=1S/C60H115NO3/c1-3-5-7-9-11-13-15-17-19-21-23-24-25-26-27-28-29-30-31-32-33-34-35-36-38-39-41-43-45-47-49-51-53-55-59(63)58(57-62)61-60(64)56-54-52-50-48-46-44-42-40-37-22-20-18-16-14-12-10-8-6-4-2/h12,14,18,20,37,40,58-59,62-63H,3-11,13,15-17,19,21-36,38-39,41-57H2,1-2H3,(H,61,64)/b14-12-,20-18-,40-37-. The molecule has 0 rings (SSSR count). The molecule has 0 aliphatic heterocycles. The Bertz CT molecular complexity index is 974. The van der Waals surface area contributed by atoms with E-state index in [2.05, 4.69) is 55.6 Å². The Morgan fingerprint density at radius 3 is 0.984 bits per heavy atom. The number of amides is 1. The second-order valence-corrected chi connectivity index (χ2v) is 20.1. The highest BCUT2D eigenvalue weighted by atomic mass is 16.3. The molecule has 0 bridgehead atoms. The van der Waals surface area contributed by atoms with Gasteiger partial charge in [-0.1, -0.05) is 301 Å². The summed E-state index contributed by atoms with van der Waals surface area (Å²) in [6.45, 7) is 4.35. The number of aliphatic hydroxyl groups excluding tert-OH is 2. The van der Waals surface area contributed by atoms with Gasteiger partial charge in [0.1, 0.15) is 0 Å². The number of rotatable bonds is 54. The molecule has 2 unspecified atom stereocenters. The van der Waals surface area contributed by atoms with Gasteiger partial charge in [-0.3, -0.25) is 4.79 Å². The third-order valence-electron chi connectivity index (χ3n) is 13.7. The molecule has 0 aromatic rings. The van der Waals surface area contributed by atoms with Crippen LogP contribution in [0.2, 0.25) is 0 Å². The maximum atomic E-state index is 12.5. The van der Waals surface area contributed by atoms with Crippen LogP contribution in [0.4, 0.5) is 0 Å². The predicted octanol–water partition coefficient (Wildman–Crippen LogP) is 19.3. The molecule has 1 amide bonds. The molecule has 0 aliphatic rings. The number of hydrogen-bond donors (Lipinski definition) is 3. The lowest BCUT2D eigenvalue weighted by Crippen LogP contribution is -2.45. The molecule has 0 aliphatic carbocycles. The van der Waals surface area contributed by atoms with Crippen LogP contribution >= 0.6 is 0 Å². The fourth-order valence-electron chi connectivity index (χ4n) is 9.20. The second kappa shape index (κ2) is 55.9. The molecule has 378 valence electrons. The number of aliphatic hydroxyl groups is 2. The van der Waals surface area contributed by atoms with Crippen LogP contribution in [-0.4, -0.2) is 34.9 Å². The zero-order chi connectivity index (χ0) is 46.3. The van der Waals surface area contributed by atoms with Gasteiger partial charge >= 0.3 is 0 Å². The average molecular weight is 899 g/mol. The van der Waals surface area contributed by atoms with E-state index >= 15 is 0 Å². The van der Waals surface area contributed by atoms with Crippen LogP contribution in [0, 0.1) is 0 Å². The molecule has 2 atom stereocenters. The summed E-state index contributed by atoms with van der Waals surface area (Å²) >= 11 is 0. The van der Waals surface area contributed by atoms with Crippen molar-refractivity contribution in [2.24, 2.45) is 0 Å². The summed E-state index contributed by atoms with van der Waals surface area (Å²) in [4.78, 5) is 12.5. The molecule has 4 heteroatoms. The number of hydrogen-bond acceptors (Lipinski definition) is 3. The molecule has 0 saturated carbocycles. The van der Waals surface area contributed by atoms with Crippen LogP contribution in [0.5, 0.6) is 0 Å². The first-order valence-corrected chi connectivity index (χ1v) is 29.2. The van der Waals surface area contributed by atoms with E-state index in [0.29, 0.717) is 12.8 Å². The minimum absolute atomic E-state index is 0.0403. The second-order valence-electron chi connectivity index (χ2n) is 20.1. The Morgan fingerprint density at radius 2 is 0.641 bits per heavy atom. The normalized spacial score (nSPS) is 13.0. The lowest BCUT2D eigenvalue weighted by Gasteiger charge is -2.22. The first-order valence-electron chi connectivity index (χ1n) is 29.2. The van der Waals surface area contributed by atoms with Crippen LogP contribution in [0.3, 0.4) is 0 Å². The van der Waals surface area contributed by atoms with E-state index < -0.39 is 12.1 Å². The smallest absolute Gasteiger partial charge is 0.220 e. The highest BCUT2D eigenvalue weighted by Gasteiger charge is 2.20. The zero-order valence-corrected chi connectivity index (χ0v) is 43.6. The molecule has 0 heterocycles. The van der Waals surface area contributed by atoms with E-state index in [4.69, 9.17) is 0 Å². The van der Waals surface area contributed by atoms with E-state index in [-0.39, 0.29) is 12.5 Å². The molecule has 0 radical (unpaired) electrons. The first-order chi connectivity index (χ1) is 31.7. The van der Waals surface area contributed by atoms with Crippen molar-refractivity contribution in [3.63, 3.8) is 0 Å². The summed E-state index contributed by atoms with van der Waals surface area (Å²) in [6, 6.07) is -0.545. The van der Waals surface area contributed by atoms with E-state index in [1.807, 2.05) is 0 Å². The SMILES string of the molecule is CCCCC/C=C\C/C=C\C/C=C\CCCCCCCCC(=O)NC(CO)C(O)CCCCCCCCCCCCCCCCCCCCCCCCCCCCCCCCCCC. The molecule has 0 spiro atoms. The highest BCUT2D eigenvalue weighted by molar-refractivity contribution is 5.76. The Morgan fingerprint density at radius 1 is 0.375 bits per heavy atom. The monoisotopic (exact) mass is 898 g/mol. The van der Waals surface area contributed by atoms with Crippen molar-refractivity contribution in [2.45, 2.75) is 334 Å². The fourth-order valence-corrected chi connectivity index (χ4v) is 9.20. The molecule has 0 fully saturated rings. The van der Waals surface area contributed by atoms with Gasteiger partial charge in [-0.25, -0.2) is 0 Å². The molecule has 3 N–H and O–H groups in total. The number of nitrogens with one attached hydrogen (secondary N) is 1. The van der Waals surface area contributed by atoms with Gasteiger partial charge in [0.15, 0.2) is 0 Å². The first kappa shape index (κ1) is 62.6. The lowest BCUT2D eigenvalue weighted by atomic mass is 10.0. The third kappa shape index (κ3) is 51.6. The Kier molecular flexibility index (Phi) is 54.7. The summed E-state index contributed by atoms with van der Waals surface area (Å²) in [6.07, 6.45) is 75.8. The topological polar surface area (TPSA) is 69.6 Å². The number of carbonyl (C=O) groups excluding carboxylic acids is 1. The van der Waals surface area contributed by atoms with Crippen molar-refractivity contribution in [1.82, 2.24) is 5.32 Å². The third-order valence-corrected chi connectivity index (χ3v) is 13.7. The molecule has 4 nitrogen and oxygen atoms in total. The van der Waals surface area contributed by atoms with Crippen molar-refractivity contribution in [1.29, 1.82) is 0 Å². The molecule has 0 saturated heterocycles. The molecule has 0 aromatic carbocycles. The van der Waals surface area contributed by atoms with Crippen LogP contribution < -0.4 is 5.32 Å². The Balaban J connectivity index is 3.42. The van der Waals surface area contributed by atoms with E-state index in [0.717, 1.165) is 51.4 Å². The molecule has 64 heavy (non-hydrogen) atoms. The van der Waals surface area contributed by atoms with Gasteiger partial charge in [-0.2, -0.15) is 0 Å².